The van der Waals surface area contributed by atoms with E-state index in [2.05, 4.69) is 19.5 Å². The molecule has 23 heteroatoms. The third-order valence-corrected chi connectivity index (χ3v) is 15.8. The minimum absolute atomic E-state index is 0.00546. The Balaban J connectivity index is 0.000000256. The molecule has 2 aliphatic carbocycles. The van der Waals surface area contributed by atoms with E-state index in [9.17, 15) is 36.0 Å². The molecular weight excluding hydrogens is 1000 g/mol. The number of aliphatic carboxylic acids is 1. The number of aryl methyl sites for hydroxylation is 2. The van der Waals surface area contributed by atoms with Crippen LogP contribution in [0.5, 0.6) is 5.75 Å². The number of benzene rings is 2. The highest BCUT2D eigenvalue weighted by atomic mass is 35.5. The van der Waals surface area contributed by atoms with Gasteiger partial charge >= 0.3 is 12.1 Å². The average Bonchev–Trinajstić information content (AvgIpc) is 4.19. The summed E-state index contributed by atoms with van der Waals surface area (Å²) >= 11 is 13.4. The molecule has 3 aromatic rings. The average molecular weight is 1070 g/mol. The maximum absolute atomic E-state index is 14.1. The van der Waals surface area contributed by atoms with Crippen LogP contribution in [-0.2, 0) is 35.8 Å². The van der Waals surface area contributed by atoms with Gasteiger partial charge in [0.05, 0.1) is 22.4 Å². The third-order valence-electron chi connectivity index (χ3n) is 13.3. The molecule has 392 valence electrons. The number of piperazine rings is 1. The standard InChI is InChI=1S/C35H48Cl2N6O4S.C12H13N3O2.C2HF3O2/c1-24-22-25(2)39-33-26(24)10-9-12-30(33)47-23-27-28(36)13-14-31(32(27)37)48(45,46)40-35(15-6-7-16-35)43-20-18-42(19-21-43)34(44)29(38)11-5-8-17-41(3)4;16-9-7-8(13-1-2-13)12(17)11(15-5-6-15)10(9)14-3-4-14;3-2(4,5)1(6)7/h9-10,12-14,22,29,40H,5-8,11,15-21,23,38H2,1-4H3;7H,1-6H2;(H,6,7). The van der Waals surface area contributed by atoms with Crippen molar-refractivity contribution < 1.29 is 50.6 Å². The minimum atomic E-state index is -5.08. The zero-order valence-electron chi connectivity index (χ0n) is 40.9. The predicted molar refractivity (Wildman–Crippen MR) is 266 cm³/mol. The Hall–Kier alpha value is -5.03. The monoisotopic (exact) mass is 1060 g/mol. The highest BCUT2D eigenvalue weighted by molar-refractivity contribution is 7.89. The Morgan fingerprint density at radius 1 is 0.917 bits per heavy atom. The van der Waals surface area contributed by atoms with Gasteiger partial charge in [-0.05, 0) is 90.0 Å². The van der Waals surface area contributed by atoms with Crippen molar-refractivity contribution in [2.45, 2.75) is 88.2 Å². The van der Waals surface area contributed by atoms with Crippen LogP contribution in [0.15, 0.2) is 64.5 Å². The summed E-state index contributed by atoms with van der Waals surface area (Å²) in [5, 5.41) is 8.44. The van der Waals surface area contributed by atoms with Crippen molar-refractivity contribution in [3.63, 3.8) is 0 Å². The van der Waals surface area contributed by atoms with Crippen LogP contribution in [0.1, 0.15) is 61.8 Å². The lowest BCUT2D eigenvalue weighted by Gasteiger charge is -2.46. The number of carbonyl (C=O) groups excluding carboxylic acids is 3. The zero-order chi connectivity index (χ0) is 52.3. The number of carbonyl (C=O) groups is 4. The molecule has 1 saturated carbocycles. The van der Waals surface area contributed by atoms with E-state index in [-0.39, 0.29) is 34.0 Å². The van der Waals surface area contributed by atoms with Gasteiger partial charge in [-0.25, -0.2) is 18.2 Å². The number of nitrogens with two attached hydrogens (primary N) is 1. The summed E-state index contributed by atoms with van der Waals surface area (Å²) in [7, 11) is 0.000418. The molecule has 6 aliphatic rings. The molecule has 4 saturated heterocycles. The quantitative estimate of drug-likeness (QED) is 0.0947. The van der Waals surface area contributed by atoms with Gasteiger partial charge < -0.3 is 40.1 Å². The van der Waals surface area contributed by atoms with E-state index >= 15 is 0 Å². The van der Waals surface area contributed by atoms with Crippen molar-refractivity contribution in [1.29, 1.82) is 0 Å². The molecule has 1 atom stereocenters. The van der Waals surface area contributed by atoms with Gasteiger partial charge in [0, 0.05) is 93.2 Å². The number of carboxylic acid groups (broad SMARTS) is 1. The van der Waals surface area contributed by atoms with Crippen molar-refractivity contribution >= 4 is 67.6 Å². The number of carboxylic acids is 1. The second-order valence-corrected chi connectivity index (χ2v) is 21.5. The molecule has 1 unspecified atom stereocenters. The van der Waals surface area contributed by atoms with E-state index in [1.165, 1.54) is 12.1 Å². The van der Waals surface area contributed by atoms with E-state index < -0.39 is 33.9 Å². The van der Waals surface area contributed by atoms with Crippen molar-refractivity contribution in [3.05, 3.63) is 86.4 Å². The van der Waals surface area contributed by atoms with Gasteiger partial charge in [0.25, 0.3) is 0 Å². The number of unbranched alkanes of at least 4 members (excludes halogenated alkanes) is 1. The number of nitrogens with one attached hydrogen (secondary N) is 1. The molecule has 1 aromatic heterocycles. The van der Waals surface area contributed by atoms with Gasteiger partial charge in [-0.3, -0.25) is 19.3 Å². The van der Waals surface area contributed by atoms with E-state index in [1.54, 1.807) is 6.07 Å². The Labute approximate surface area is 427 Å². The first kappa shape index (κ1) is 54.7. The molecule has 1 amide bonds. The van der Waals surface area contributed by atoms with Crippen LogP contribution < -0.4 is 15.2 Å². The van der Waals surface area contributed by atoms with E-state index in [0.29, 0.717) is 78.9 Å². The number of fused-ring (bicyclic) bond motifs is 1. The number of hydrogen-bond acceptors (Lipinski definition) is 14. The summed E-state index contributed by atoms with van der Waals surface area (Å²) in [5.41, 5.74) is 10.5. The van der Waals surface area contributed by atoms with Crippen LogP contribution in [0.2, 0.25) is 10.0 Å². The first-order chi connectivity index (χ1) is 34.0. The molecule has 0 spiro atoms. The first-order valence-corrected chi connectivity index (χ1v) is 26.3. The smallest absolute Gasteiger partial charge is 0.487 e. The first-order valence-electron chi connectivity index (χ1n) is 24.1. The fourth-order valence-corrected chi connectivity index (χ4v) is 11.6. The maximum Gasteiger partial charge on any atom is 0.490 e. The number of nitrogens with zero attached hydrogens (tertiary/aromatic N) is 7. The summed E-state index contributed by atoms with van der Waals surface area (Å²) in [6, 6.07) is 10.2. The number of hydrogen-bond donors (Lipinski definition) is 3. The van der Waals surface area contributed by atoms with Crippen molar-refractivity contribution in [2.24, 2.45) is 5.73 Å². The Morgan fingerprint density at radius 2 is 1.53 bits per heavy atom. The normalized spacial score (nSPS) is 19.2. The van der Waals surface area contributed by atoms with Gasteiger partial charge in [0.1, 0.15) is 34.2 Å². The van der Waals surface area contributed by atoms with Gasteiger partial charge in [0.15, 0.2) is 0 Å². The van der Waals surface area contributed by atoms with Crippen LogP contribution in [0.25, 0.3) is 10.9 Å². The van der Waals surface area contributed by atoms with Gasteiger partial charge in [-0.1, -0.05) is 54.6 Å². The summed E-state index contributed by atoms with van der Waals surface area (Å²) in [6.07, 6.45) is 2.11. The van der Waals surface area contributed by atoms with E-state index in [1.807, 2.05) is 71.8 Å². The number of halogens is 5. The number of Topliss-reactive ketones (excluding diaryl/α,β-unsaturated/α-hetero) is 1. The largest absolute Gasteiger partial charge is 0.490 e. The summed E-state index contributed by atoms with van der Waals surface area (Å²) in [4.78, 5) is 63.2. The SMILES string of the molecule is Cc1cc(C)c2cccc(OCc3c(Cl)ccc(S(=O)(=O)NC4(N5CCN(C(=O)C(N)CCCCN(C)C)CC5)CCCC4)c3Cl)c2n1.O=C(O)C(F)(F)F.O=C1C=C(N2CC2)C(=O)C(N2CC2)=C1N1CC1. The summed E-state index contributed by atoms with van der Waals surface area (Å²) in [6.45, 7) is 12.4. The molecule has 4 aliphatic heterocycles. The third kappa shape index (κ3) is 13.2. The molecule has 4 N–H and O–H groups in total. The molecule has 72 heavy (non-hydrogen) atoms. The lowest BCUT2D eigenvalue weighted by molar-refractivity contribution is -0.192. The van der Waals surface area contributed by atoms with Crippen molar-refractivity contribution in [1.82, 2.24) is 39.1 Å². The van der Waals surface area contributed by atoms with Crippen LogP contribution in [0, 0.1) is 13.8 Å². The second kappa shape index (κ2) is 22.6. The Morgan fingerprint density at radius 3 is 2.11 bits per heavy atom. The minimum Gasteiger partial charge on any atom is -0.487 e. The number of pyridine rings is 1. The lowest BCUT2D eigenvalue weighted by atomic mass is 10.0. The maximum atomic E-state index is 14.1. The van der Waals surface area contributed by atoms with Gasteiger partial charge in [-0.2, -0.15) is 17.9 Å². The molecule has 9 rings (SSSR count). The Bertz CT molecular complexity index is 2730. The molecule has 0 radical (unpaired) electrons. The highest BCUT2D eigenvalue weighted by Gasteiger charge is 2.46. The van der Waals surface area contributed by atoms with E-state index in [4.69, 9.17) is 43.6 Å². The molecule has 5 fully saturated rings. The van der Waals surface area contributed by atoms with Crippen LogP contribution >= 0.6 is 23.2 Å². The number of sulfonamides is 1. The second-order valence-electron chi connectivity index (χ2n) is 19.1. The van der Waals surface area contributed by atoms with Gasteiger partial charge in [-0.15, -0.1) is 0 Å². The van der Waals surface area contributed by atoms with Crippen LogP contribution in [0.4, 0.5) is 13.2 Å². The summed E-state index contributed by atoms with van der Waals surface area (Å²) in [5.74, 6) is -2.18. The number of allylic oxidation sites excluding steroid dienone is 1. The molecule has 17 nitrogen and oxygen atoms in total. The molecule has 5 heterocycles. The number of amides is 1. The van der Waals surface area contributed by atoms with Gasteiger partial charge in [0.2, 0.25) is 27.5 Å². The highest BCUT2D eigenvalue weighted by Crippen LogP contribution is 2.39. The van der Waals surface area contributed by atoms with Crippen LogP contribution in [0.3, 0.4) is 0 Å². The van der Waals surface area contributed by atoms with Crippen molar-refractivity contribution in [2.75, 3.05) is 86.1 Å². The number of ketones is 2. The Kier molecular flexibility index (Phi) is 17.2. The predicted octanol–water partition coefficient (Wildman–Crippen LogP) is 5.30. The van der Waals surface area contributed by atoms with E-state index in [0.717, 1.165) is 93.7 Å². The lowest BCUT2D eigenvalue weighted by Crippen LogP contribution is -2.64. The van der Waals surface area contributed by atoms with Crippen molar-refractivity contribution in [3.8, 4) is 5.75 Å². The molecular formula is C49H62Cl2F3N9O8S. The molecule has 2 aromatic carbocycles. The number of aromatic nitrogens is 1. The number of para-hydroxylation sites is 1. The molecule has 0 bridgehead atoms. The van der Waals surface area contributed by atoms with Crippen LogP contribution in [-0.4, -0.2) is 175 Å². The number of alkyl halides is 3. The zero-order valence-corrected chi connectivity index (χ0v) is 43.2. The number of rotatable bonds is 16. The fourth-order valence-electron chi connectivity index (χ4n) is 9.27. The fraction of sp³-hybridized carbons (Fsp3) is 0.531. The summed E-state index contributed by atoms with van der Waals surface area (Å²) < 4.78 is 69.1. The topological polar surface area (TPSA) is 202 Å². The number of ether oxygens (including phenoxy) is 1.